The van der Waals surface area contributed by atoms with Crippen LogP contribution in [-0.4, -0.2) is 28.9 Å². The highest BCUT2D eigenvalue weighted by molar-refractivity contribution is 5.25. The minimum atomic E-state index is -0.309. The van der Waals surface area contributed by atoms with Crippen molar-refractivity contribution in [3.05, 3.63) is 29.8 Å². The fourth-order valence-electron chi connectivity index (χ4n) is 1.47. The van der Waals surface area contributed by atoms with E-state index in [1.54, 1.807) is 12.1 Å². The molecule has 0 spiro atoms. The zero-order valence-electron chi connectivity index (χ0n) is 9.98. The molecule has 0 radical (unpaired) electrons. The molecule has 0 aliphatic rings. The standard InChI is InChI=1S/C13H21NO2/c1-10(2)14-9-13(16)8-5-11-3-6-12(15)7-4-11/h3-4,6-7,10,13-16H,5,8-9H2,1-2H3. The number of benzene rings is 1. The Morgan fingerprint density at radius 3 is 2.38 bits per heavy atom. The number of aromatic hydroxyl groups is 1. The van der Waals surface area contributed by atoms with Crippen molar-refractivity contribution >= 4 is 0 Å². The quantitative estimate of drug-likeness (QED) is 0.688. The Morgan fingerprint density at radius 2 is 1.81 bits per heavy atom. The Balaban J connectivity index is 2.26. The van der Waals surface area contributed by atoms with E-state index in [0.29, 0.717) is 12.6 Å². The van der Waals surface area contributed by atoms with Crippen LogP contribution >= 0.6 is 0 Å². The SMILES string of the molecule is CC(C)NCC(O)CCc1ccc(O)cc1. The molecule has 0 bridgehead atoms. The summed E-state index contributed by atoms with van der Waals surface area (Å²) in [5.74, 6) is 0.283. The molecule has 1 aromatic rings. The van der Waals surface area contributed by atoms with Crippen molar-refractivity contribution in [1.29, 1.82) is 0 Å². The number of phenolic OH excluding ortho intramolecular Hbond substituents is 1. The average molecular weight is 223 g/mol. The van der Waals surface area contributed by atoms with Crippen molar-refractivity contribution in [3.63, 3.8) is 0 Å². The van der Waals surface area contributed by atoms with E-state index in [2.05, 4.69) is 19.2 Å². The number of aryl methyl sites for hydroxylation is 1. The lowest BCUT2D eigenvalue weighted by atomic mass is 10.1. The summed E-state index contributed by atoms with van der Waals surface area (Å²) in [5, 5.41) is 22.0. The molecule has 3 heteroatoms. The average Bonchev–Trinajstić information content (AvgIpc) is 2.25. The minimum Gasteiger partial charge on any atom is -0.508 e. The summed E-state index contributed by atoms with van der Waals surface area (Å²) >= 11 is 0. The van der Waals surface area contributed by atoms with E-state index in [-0.39, 0.29) is 11.9 Å². The summed E-state index contributed by atoms with van der Waals surface area (Å²) in [4.78, 5) is 0. The van der Waals surface area contributed by atoms with Gasteiger partial charge in [0.05, 0.1) is 6.10 Å². The van der Waals surface area contributed by atoms with Gasteiger partial charge in [-0.1, -0.05) is 26.0 Å². The summed E-state index contributed by atoms with van der Waals surface area (Å²) < 4.78 is 0. The fourth-order valence-corrected chi connectivity index (χ4v) is 1.47. The van der Waals surface area contributed by atoms with Gasteiger partial charge in [-0.2, -0.15) is 0 Å². The van der Waals surface area contributed by atoms with Crippen molar-refractivity contribution < 1.29 is 10.2 Å². The normalized spacial score (nSPS) is 13.0. The Kier molecular flexibility index (Phi) is 5.29. The molecular formula is C13H21NO2. The van der Waals surface area contributed by atoms with Gasteiger partial charge in [0.15, 0.2) is 0 Å². The van der Waals surface area contributed by atoms with Crippen molar-refractivity contribution in [2.45, 2.75) is 38.8 Å². The van der Waals surface area contributed by atoms with Gasteiger partial charge in [0.1, 0.15) is 5.75 Å². The Hall–Kier alpha value is -1.06. The molecular weight excluding hydrogens is 202 g/mol. The van der Waals surface area contributed by atoms with E-state index < -0.39 is 0 Å². The molecule has 16 heavy (non-hydrogen) atoms. The molecule has 1 rings (SSSR count). The Bertz CT molecular complexity index is 295. The molecule has 1 atom stereocenters. The van der Waals surface area contributed by atoms with E-state index in [1.807, 2.05) is 12.1 Å². The number of aliphatic hydroxyl groups is 1. The van der Waals surface area contributed by atoms with Crippen molar-refractivity contribution in [2.24, 2.45) is 0 Å². The van der Waals surface area contributed by atoms with Crippen LogP contribution in [0.3, 0.4) is 0 Å². The summed E-state index contributed by atoms with van der Waals surface area (Å²) in [6, 6.07) is 7.53. The van der Waals surface area contributed by atoms with Crippen LogP contribution in [-0.2, 0) is 6.42 Å². The van der Waals surface area contributed by atoms with Crippen LogP contribution in [0.1, 0.15) is 25.8 Å². The Labute approximate surface area is 97.1 Å². The molecule has 1 unspecified atom stereocenters. The van der Waals surface area contributed by atoms with Crippen LogP contribution in [0, 0.1) is 0 Å². The number of rotatable bonds is 6. The maximum atomic E-state index is 9.70. The third kappa shape index (κ3) is 5.14. The lowest BCUT2D eigenvalue weighted by Gasteiger charge is -2.13. The molecule has 0 aromatic heterocycles. The number of hydrogen-bond donors (Lipinski definition) is 3. The van der Waals surface area contributed by atoms with Gasteiger partial charge in [-0.05, 0) is 30.5 Å². The second-order valence-corrected chi connectivity index (χ2v) is 4.42. The second-order valence-electron chi connectivity index (χ2n) is 4.42. The van der Waals surface area contributed by atoms with Gasteiger partial charge in [0.2, 0.25) is 0 Å². The smallest absolute Gasteiger partial charge is 0.115 e. The molecule has 0 saturated heterocycles. The zero-order chi connectivity index (χ0) is 12.0. The van der Waals surface area contributed by atoms with Gasteiger partial charge in [-0.15, -0.1) is 0 Å². The lowest BCUT2D eigenvalue weighted by Crippen LogP contribution is -2.32. The summed E-state index contributed by atoms with van der Waals surface area (Å²) in [6.07, 6.45) is 1.27. The first kappa shape index (κ1) is 13.0. The highest BCUT2D eigenvalue weighted by Crippen LogP contribution is 2.11. The highest BCUT2D eigenvalue weighted by atomic mass is 16.3. The van der Waals surface area contributed by atoms with Gasteiger partial charge < -0.3 is 15.5 Å². The van der Waals surface area contributed by atoms with Gasteiger partial charge in [0, 0.05) is 12.6 Å². The predicted octanol–water partition coefficient (Wildman–Crippen LogP) is 1.68. The number of phenols is 1. The van der Waals surface area contributed by atoms with Gasteiger partial charge in [-0.3, -0.25) is 0 Å². The molecule has 90 valence electrons. The largest absolute Gasteiger partial charge is 0.508 e. The Morgan fingerprint density at radius 1 is 1.19 bits per heavy atom. The van der Waals surface area contributed by atoms with Crippen LogP contribution < -0.4 is 5.32 Å². The topological polar surface area (TPSA) is 52.5 Å². The molecule has 0 aliphatic heterocycles. The predicted molar refractivity (Wildman–Crippen MR) is 65.6 cm³/mol. The van der Waals surface area contributed by atoms with Crippen molar-refractivity contribution in [3.8, 4) is 5.75 Å². The lowest BCUT2D eigenvalue weighted by molar-refractivity contribution is 0.159. The molecule has 0 aliphatic carbocycles. The molecule has 0 saturated carbocycles. The summed E-state index contributed by atoms with van der Waals surface area (Å²) in [5.41, 5.74) is 1.14. The van der Waals surface area contributed by atoms with Crippen LogP contribution in [0.5, 0.6) is 5.75 Å². The number of aliphatic hydroxyl groups excluding tert-OH is 1. The van der Waals surface area contributed by atoms with E-state index in [4.69, 9.17) is 5.11 Å². The van der Waals surface area contributed by atoms with Crippen molar-refractivity contribution in [2.75, 3.05) is 6.54 Å². The molecule has 0 heterocycles. The van der Waals surface area contributed by atoms with E-state index in [0.717, 1.165) is 18.4 Å². The molecule has 0 amide bonds. The van der Waals surface area contributed by atoms with Crippen LogP contribution in [0.4, 0.5) is 0 Å². The number of hydrogen-bond acceptors (Lipinski definition) is 3. The van der Waals surface area contributed by atoms with Gasteiger partial charge in [0.25, 0.3) is 0 Å². The molecule has 0 fully saturated rings. The van der Waals surface area contributed by atoms with E-state index >= 15 is 0 Å². The summed E-state index contributed by atoms with van der Waals surface area (Å²) in [6.45, 7) is 4.76. The first-order chi connectivity index (χ1) is 7.58. The third-order valence-corrected chi connectivity index (χ3v) is 2.46. The van der Waals surface area contributed by atoms with Gasteiger partial charge >= 0.3 is 0 Å². The second kappa shape index (κ2) is 6.51. The molecule has 3 N–H and O–H groups in total. The maximum Gasteiger partial charge on any atom is 0.115 e. The van der Waals surface area contributed by atoms with E-state index in [1.165, 1.54) is 0 Å². The highest BCUT2D eigenvalue weighted by Gasteiger charge is 2.05. The fraction of sp³-hybridized carbons (Fsp3) is 0.538. The van der Waals surface area contributed by atoms with Crippen LogP contribution in [0.15, 0.2) is 24.3 Å². The zero-order valence-corrected chi connectivity index (χ0v) is 9.98. The maximum absolute atomic E-state index is 9.70. The molecule has 3 nitrogen and oxygen atoms in total. The monoisotopic (exact) mass is 223 g/mol. The van der Waals surface area contributed by atoms with Gasteiger partial charge in [-0.25, -0.2) is 0 Å². The summed E-state index contributed by atoms with van der Waals surface area (Å²) in [7, 11) is 0. The third-order valence-electron chi connectivity index (χ3n) is 2.46. The van der Waals surface area contributed by atoms with Crippen LogP contribution in [0.25, 0.3) is 0 Å². The van der Waals surface area contributed by atoms with Crippen LogP contribution in [0.2, 0.25) is 0 Å². The molecule has 1 aromatic carbocycles. The van der Waals surface area contributed by atoms with Crippen molar-refractivity contribution in [1.82, 2.24) is 5.32 Å². The minimum absolute atomic E-state index is 0.283. The number of nitrogens with one attached hydrogen (secondary N) is 1. The van der Waals surface area contributed by atoms with E-state index in [9.17, 15) is 5.11 Å². The first-order valence-electron chi connectivity index (χ1n) is 5.77. The first-order valence-corrected chi connectivity index (χ1v) is 5.77.